The first-order valence-corrected chi connectivity index (χ1v) is 15.3. The van der Waals surface area contributed by atoms with Crippen LogP contribution in [0.15, 0.2) is 66.9 Å². The first kappa shape index (κ1) is 31.0. The zero-order chi connectivity index (χ0) is 32.3. The lowest BCUT2D eigenvalue weighted by molar-refractivity contribution is 0.0240. The number of nitrogens with one attached hydrogen (secondary N) is 1. The van der Waals surface area contributed by atoms with Gasteiger partial charge in [-0.15, -0.1) is 0 Å². The maximum absolute atomic E-state index is 14.6. The Labute approximate surface area is 266 Å². The molecule has 0 radical (unpaired) electrons. The number of ether oxygens (including phenoxy) is 3. The highest BCUT2D eigenvalue weighted by atomic mass is 19.1. The fraction of sp³-hybridized carbons (Fsp3) is 0.353. The molecule has 1 N–H and O–H groups in total. The quantitative estimate of drug-likeness (QED) is 0.287. The normalized spacial score (nSPS) is 15.5. The number of hydrogen-bond donors (Lipinski definition) is 1. The summed E-state index contributed by atoms with van der Waals surface area (Å²) < 4.78 is 31.7. The van der Waals surface area contributed by atoms with Crippen LogP contribution in [0.4, 0.5) is 26.5 Å². The van der Waals surface area contributed by atoms with Crippen LogP contribution in [0.1, 0.15) is 31.1 Å². The number of aromatic nitrogens is 2. The van der Waals surface area contributed by atoms with E-state index < -0.39 is 17.3 Å². The number of anilines is 3. The Kier molecular flexibility index (Phi) is 8.89. The molecule has 0 atom stereocenters. The minimum atomic E-state index is -0.550. The van der Waals surface area contributed by atoms with Crippen LogP contribution in [0, 0.1) is 5.82 Å². The number of amides is 2. The number of carbonyl (C=O) groups is 2. The summed E-state index contributed by atoms with van der Waals surface area (Å²) in [6.45, 7) is 10.0. The molecule has 2 aliphatic heterocycles. The van der Waals surface area contributed by atoms with Gasteiger partial charge in [-0.05, 0) is 51.1 Å². The molecule has 2 fully saturated rings. The molecule has 0 spiro atoms. The molecule has 0 aliphatic carbocycles. The van der Waals surface area contributed by atoms with Crippen LogP contribution < -0.4 is 19.9 Å². The Bertz CT molecular complexity index is 1730. The zero-order valence-corrected chi connectivity index (χ0v) is 26.2. The van der Waals surface area contributed by atoms with Crippen molar-refractivity contribution >= 4 is 40.1 Å². The summed E-state index contributed by atoms with van der Waals surface area (Å²) in [6.07, 6.45) is 1.31. The number of morpholine rings is 1. The number of hydrogen-bond acceptors (Lipinski definition) is 9. The van der Waals surface area contributed by atoms with Gasteiger partial charge in [-0.2, -0.15) is 4.98 Å². The highest BCUT2D eigenvalue weighted by Gasteiger charge is 2.27. The van der Waals surface area contributed by atoms with E-state index in [9.17, 15) is 14.0 Å². The van der Waals surface area contributed by atoms with Gasteiger partial charge in [-0.3, -0.25) is 4.79 Å². The third-order valence-corrected chi connectivity index (χ3v) is 7.70. The van der Waals surface area contributed by atoms with Crippen molar-refractivity contribution in [2.75, 3.05) is 67.6 Å². The van der Waals surface area contributed by atoms with E-state index in [1.54, 1.807) is 35.4 Å². The zero-order valence-electron chi connectivity index (χ0n) is 26.2. The number of piperazine rings is 1. The smallest absolute Gasteiger partial charge is 0.410 e. The summed E-state index contributed by atoms with van der Waals surface area (Å²) in [5.74, 6) is 0.517. The van der Waals surface area contributed by atoms with E-state index in [1.165, 1.54) is 12.1 Å². The Balaban J connectivity index is 1.16. The highest BCUT2D eigenvalue weighted by molar-refractivity contribution is 6.10. The molecule has 11 nitrogen and oxygen atoms in total. The monoisotopic (exact) mass is 628 g/mol. The number of benzene rings is 3. The van der Waals surface area contributed by atoms with E-state index in [0.29, 0.717) is 81.4 Å². The minimum absolute atomic E-state index is 0.228. The lowest BCUT2D eigenvalue weighted by Gasteiger charge is -2.35. The summed E-state index contributed by atoms with van der Waals surface area (Å²) in [7, 11) is 0. The molecule has 12 heteroatoms. The standard InChI is InChI=1S/C34H37FN6O5/c1-34(2,3)46-33(43)41-14-12-40(13-15-41)32-36-11-10-30(38-32)45-29-9-8-28(26-6-4-5-7-27(26)29)37-31(42)23-20-24(35)22-25(21-23)39-16-18-44-19-17-39/h4-11,20-22H,12-19H2,1-3H3,(H,37,42). The highest BCUT2D eigenvalue weighted by Crippen LogP contribution is 2.35. The van der Waals surface area contributed by atoms with E-state index in [4.69, 9.17) is 14.2 Å². The van der Waals surface area contributed by atoms with E-state index in [1.807, 2.05) is 54.8 Å². The van der Waals surface area contributed by atoms with Gasteiger partial charge in [-0.1, -0.05) is 24.3 Å². The Morgan fingerprint density at radius 1 is 0.891 bits per heavy atom. The van der Waals surface area contributed by atoms with Crippen LogP contribution in [0.25, 0.3) is 10.8 Å². The van der Waals surface area contributed by atoms with Crippen LogP contribution in [0.3, 0.4) is 0 Å². The van der Waals surface area contributed by atoms with Gasteiger partial charge in [0.1, 0.15) is 17.2 Å². The molecule has 2 aliphatic rings. The molecule has 0 unspecified atom stereocenters. The molecule has 2 saturated heterocycles. The molecule has 240 valence electrons. The average Bonchev–Trinajstić information content (AvgIpc) is 3.05. The van der Waals surface area contributed by atoms with Crippen LogP contribution in [-0.2, 0) is 9.47 Å². The first-order valence-electron chi connectivity index (χ1n) is 15.3. The SMILES string of the molecule is CC(C)(C)OC(=O)N1CCN(c2nccc(Oc3ccc(NC(=O)c4cc(F)cc(N5CCOCC5)c4)c4ccccc34)n2)CC1. The van der Waals surface area contributed by atoms with Gasteiger partial charge < -0.3 is 34.2 Å². The number of rotatable bonds is 6. The summed E-state index contributed by atoms with van der Waals surface area (Å²) in [6, 6.07) is 17.1. The molecule has 0 bridgehead atoms. The number of halogens is 1. The van der Waals surface area contributed by atoms with E-state index >= 15 is 0 Å². The van der Waals surface area contributed by atoms with Crippen molar-refractivity contribution in [1.29, 1.82) is 0 Å². The third kappa shape index (κ3) is 7.28. The van der Waals surface area contributed by atoms with E-state index in [-0.39, 0.29) is 11.7 Å². The van der Waals surface area contributed by atoms with Gasteiger partial charge in [0, 0.05) is 79.2 Å². The lowest BCUT2D eigenvalue weighted by atomic mass is 10.1. The van der Waals surface area contributed by atoms with Gasteiger partial charge in [-0.25, -0.2) is 14.2 Å². The second-order valence-corrected chi connectivity index (χ2v) is 12.2. The van der Waals surface area contributed by atoms with Crippen molar-refractivity contribution in [3.8, 4) is 11.6 Å². The Morgan fingerprint density at radius 3 is 2.37 bits per heavy atom. The van der Waals surface area contributed by atoms with Crippen LogP contribution in [-0.4, -0.2) is 85.0 Å². The first-order chi connectivity index (χ1) is 22.1. The van der Waals surface area contributed by atoms with Gasteiger partial charge in [0.2, 0.25) is 11.8 Å². The molecular weight excluding hydrogens is 591 g/mol. The van der Waals surface area contributed by atoms with E-state index in [2.05, 4.69) is 15.3 Å². The van der Waals surface area contributed by atoms with Crippen LogP contribution in [0.2, 0.25) is 0 Å². The van der Waals surface area contributed by atoms with Crippen molar-refractivity contribution in [3.63, 3.8) is 0 Å². The Hall–Kier alpha value is -4.97. The molecule has 3 heterocycles. The van der Waals surface area contributed by atoms with Crippen LogP contribution >= 0.6 is 0 Å². The molecule has 6 rings (SSSR count). The van der Waals surface area contributed by atoms with Crippen LogP contribution in [0.5, 0.6) is 11.6 Å². The van der Waals surface area contributed by atoms with Crippen molar-refractivity contribution in [2.24, 2.45) is 0 Å². The molecule has 0 saturated carbocycles. The van der Waals surface area contributed by atoms with Crippen molar-refractivity contribution in [3.05, 3.63) is 78.2 Å². The molecule has 46 heavy (non-hydrogen) atoms. The van der Waals surface area contributed by atoms with Crippen molar-refractivity contribution < 1.29 is 28.2 Å². The van der Waals surface area contributed by atoms with Crippen molar-refractivity contribution in [2.45, 2.75) is 26.4 Å². The maximum Gasteiger partial charge on any atom is 0.410 e. The summed E-state index contributed by atoms with van der Waals surface area (Å²) in [5.41, 5.74) is 0.893. The summed E-state index contributed by atoms with van der Waals surface area (Å²) >= 11 is 0. The second kappa shape index (κ2) is 13.2. The largest absolute Gasteiger partial charge is 0.444 e. The molecule has 1 aromatic heterocycles. The number of nitrogens with zero attached hydrogens (tertiary/aromatic N) is 5. The second-order valence-electron chi connectivity index (χ2n) is 12.2. The van der Waals surface area contributed by atoms with Crippen molar-refractivity contribution in [1.82, 2.24) is 14.9 Å². The van der Waals surface area contributed by atoms with Gasteiger partial charge in [0.25, 0.3) is 5.91 Å². The minimum Gasteiger partial charge on any atom is -0.444 e. The fourth-order valence-corrected chi connectivity index (χ4v) is 5.44. The predicted octanol–water partition coefficient (Wildman–Crippen LogP) is 5.71. The van der Waals surface area contributed by atoms with Gasteiger partial charge in [0.15, 0.2) is 0 Å². The number of carbonyl (C=O) groups excluding carboxylic acids is 2. The predicted molar refractivity (Wildman–Crippen MR) is 173 cm³/mol. The van der Waals surface area contributed by atoms with E-state index in [0.717, 1.165) is 10.8 Å². The summed E-state index contributed by atoms with van der Waals surface area (Å²) in [4.78, 5) is 40.5. The molecular formula is C34H37FN6O5. The van der Waals surface area contributed by atoms with Gasteiger partial charge in [0.05, 0.1) is 13.2 Å². The lowest BCUT2D eigenvalue weighted by Crippen LogP contribution is -2.50. The Morgan fingerprint density at radius 2 is 1.63 bits per heavy atom. The number of fused-ring (bicyclic) bond motifs is 1. The topological polar surface area (TPSA) is 109 Å². The molecule has 2 amide bonds. The maximum atomic E-state index is 14.6. The average molecular weight is 629 g/mol. The molecule has 3 aromatic carbocycles. The fourth-order valence-electron chi connectivity index (χ4n) is 5.44. The van der Waals surface area contributed by atoms with Gasteiger partial charge >= 0.3 is 6.09 Å². The third-order valence-electron chi connectivity index (χ3n) is 7.70. The summed E-state index contributed by atoms with van der Waals surface area (Å²) in [5, 5.41) is 4.47. The molecule has 4 aromatic rings.